The third-order valence-electron chi connectivity index (χ3n) is 3.34. The van der Waals surface area contributed by atoms with E-state index < -0.39 is 5.97 Å². The van der Waals surface area contributed by atoms with Gasteiger partial charge in [-0.15, -0.1) is 0 Å². The van der Waals surface area contributed by atoms with Gasteiger partial charge in [-0.25, -0.2) is 9.18 Å². The summed E-state index contributed by atoms with van der Waals surface area (Å²) in [6.07, 6.45) is 1.78. The molecule has 0 spiro atoms. The molecule has 0 heterocycles. The first-order valence-corrected chi connectivity index (χ1v) is 7.79. The van der Waals surface area contributed by atoms with E-state index in [4.69, 9.17) is 9.47 Å². The molecular formula is C19H19FO4. The molecule has 24 heavy (non-hydrogen) atoms. The summed E-state index contributed by atoms with van der Waals surface area (Å²) in [4.78, 5) is 23.7. The van der Waals surface area contributed by atoms with Gasteiger partial charge in [0.05, 0.1) is 6.61 Å². The van der Waals surface area contributed by atoms with E-state index in [1.54, 1.807) is 24.3 Å². The summed E-state index contributed by atoms with van der Waals surface area (Å²) in [6.45, 7) is 2.23. The van der Waals surface area contributed by atoms with Gasteiger partial charge in [-0.3, -0.25) is 4.79 Å². The maximum atomic E-state index is 12.9. The minimum Gasteiger partial charge on any atom is -0.482 e. The molecule has 0 atom stereocenters. The zero-order chi connectivity index (χ0) is 17.4. The molecule has 0 aromatic heterocycles. The molecule has 2 rings (SSSR count). The number of hydrogen-bond donors (Lipinski definition) is 0. The van der Waals surface area contributed by atoms with Crippen molar-refractivity contribution in [2.75, 3.05) is 13.2 Å². The molecule has 0 fully saturated rings. The van der Waals surface area contributed by atoms with Crippen molar-refractivity contribution in [2.24, 2.45) is 0 Å². The molecule has 0 aliphatic rings. The molecule has 0 unspecified atom stereocenters. The van der Waals surface area contributed by atoms with E-state index in [2.05, 4.69) is 0 Å². The highest BCUT2D eigenvalue weighted by Crippen LogP contribution is 2.16. The predicted octanol–water partition coefficient (Wildman–Crippen LogP) is 3.78. The smallest absolute Gasteiger partial charge is 0.344 e. The van der Waals surface area contributed by atoms with Crippen molar-refractivity contribution < 1.29 is 23.5 Å². The highest BCUT2D eigenvalue weighted by molar-refractivity contribution is 6.08. The van der Waals surface area contributed by atoms with Gasteiger partial charge in [0.25, 0.3) is 0 Å². The predicted molar refractivity (Wildman–Crippen MR) is 87.6 cm³/mol. The zero-order valence-corrected chi connectivity index (χ0v) is 13.5. The van der Waals surface area contributed by atoms with Crippen LogP contribution in [-0.4, -0.2) is 25.0 Å². The minimum atomic E-state index is -0.421. The molecule has 0 aliphatic heterocycles. The molecule has 0 radical (unpaired) electrons. The quantitative estimate of drug-likeness (QED) is 0.420. The van der Waals surface area contributed by atoms with Crippen LogP contribution in [0.25, 0.3) is 0 Å². The Kier molecular flexibility index (Phi) is 6.49. The molecule has 0 amide bonds. The van der Waals surface area contributed by atoms with E-state index in [0.29, 0.717) is 23.5 Å². The molecule has 0 N–H and O–H groups in total. The number of carbonyl (C=O) groups is 2. The normalized spacial score (nSPS) is 10.2. The molecule has 2 aromatic rings. The Labute approximate surface area is 140 Å². The summed E-state index contributed by atoms with van der Waals surface area (Å²) in [5.74, 6) is -0.547. The van der Waals surface area contributed by atoms with E-state index in [9.17, 15) is 14.0 Å². The van der Waals surface area contributed by atoms with Crippen LogP contribution in [0, 0.1) is 5.82 Å². The summed E-state index contributed by atoms with van der Waals surface area (Å²) in [5.41, 5.74) is 0.865. The van der Waals surface area contributed by atoms with Gasteiger partial charge in [0.15, 0.2) is 12.4 Å². The average molecular weight is 330 g/mol. The van der Waals surface area contributed by atoms with Crippen molar-refractivity contribution in [3.05, 3.63) is 65.5 Å². The van der Waals surface area contributed by atoms with Gasteiger partial charge < -0.3 is 9.47 Å². The van der Waals surface area contributed by atoms with Crippen LogP contribution < -0.4 is 4.74 Å². The Hall–Kier alpha value is -2.69. The van der Waals surface area contributed by atoms with Gasteiger partial charge in [-0.05, 0) is 55.0 Å². The number of benzene rings is 2. The van der Waals surface area contributed by atoms with Crippen molar-refractivity contribution in [1.82, 2.24) is 0 Å². The number of halogens is 1. The highest BCUT2D eigenvalue weighted by atomic mass is 19.1. The van der Waals surface area contributed by atoms with Crippen LogP contribution in [0.3, 0.4) is 0 Å². The topological polar surface area (TPSA) is 52.6 Å². The fourth-order valence-electron chi connectivity index (χ4n) is 1.98. The minimum absolute atomic E-state index is 0.172. The van der Waals surface area contributed by atoms with Gasteiger partial charge in [-0.2, -0.15) is 0 Å². The molecule has 0 saturated heterocycles. The second kappa shape index (κ2) is 8.82. The van der Waals surface area contributed by atoms with Gasteiger partial charge in [0.2, 0.25) is 0 Å². The van der Waals surface area contributed by atoms with Gasteiger partial charge >= 0.3 is 5.97 Å². The third-order valence-corrected chi connectivity index (χ3v) is 3.34. The number of rotatable bonds is 8. The van der Waals surface area contributed by atoms with E-state index in [0.717, 1.165) is 12.8 Å². The lowest BCUT2D eigenvalue weighted by Crippen LogP contribution is -2.15. The average Bonchev–Trinajstić information content (AvgIpc) is 2.61. The molecule has 126 valence electrons. The Morgan fingerprint density at radius 3 is 2.12 bits per heavy atom. The van der Waals surface area contributed by atoms with Crippen molar-refractivity contribution in [1.29, 1.82) is 0 Å². The van der Waals surface area contributed by atoms with Gasteiger partial charge in [-0.1, -0.05) is 13.3 Å². The fraction of sp³-hybridized carbons (Fsp3) is 0.263. The summed E-state index contributed by atoms with van der Waals surface area (Å²) in [5, 5.41) is 0. The number of hydrogen-bond acceptors (Lipinski definition) is 4. The first kappa shape index (κ1) is 17.7. The molecule has 2 aromatic carbocycles. The van der Waals surface area contributed by atoms with Crippen LogP contribution in [0.15, 0.2) is 48.5 Å². The van der Waals surface area contributed by atoms with Crippen LogP contribution >= 0.6 is 0 Å². The summed E-state index contributed by atoms with van der Waals surface area (Å²) < 4.78 is 23.2. The SMILES string of the molecule is CCCCOC(=O)COc1ccc(C(=O)c2ccc(F)cc2)cc1. The Bertz CT molecular complexity index is 678. The van der Waals surface area contributed by atoms with E-state index >= 15 is 0 Å². The van der Waals surface area contributed by atoms with E-state index in [1.165, 1.54) is 24.3 Å². The van der Waals surface area contributed by atoms with E-state index in [-0.39, 0.29) is 18.2 Å². The molecule has 0 aliphatic carbocycles. The molecule has 0 bridgehead atoms. The molecule has 0 saturated carbocycles. The van der Waals surface area contributed by atoms with Crippen molar-refractivity contribution >= 4 is 11.8 Å². The molecule has 5 heteroatoms. The maximum Gasteiger partial charge on any atom is 0.344 e. The zero-order valence-electron chi connectivity index (χ0n) is 13.5. The van der Waals surface area contributed by atoms with Crippen molar-refractivity contribution in [3.8, 4) is 5.75 Å². The Morgan fingerprint density at radius 2 is 1.54 bits per heavy atom. The Morgan fingerprint density at radius 1 is 0.958 bits per heavy atom. The number of carbonyl (C=O) groups excluding carboxylic acids is 2. The lowest BCUT2D eigenvalue weighted by molar-refractivity contribution is -0.146. The van der Waals surface area contributed by atoms with E-state index in [1.807, 2.05) is 6.92 Å². The molecular weight excluding hydrogens is 311 g/mol. The number of ketones is 1. The summed E-state index contributed by atoms with van der Waals surface area (Å²) >= 11 is 0. The van der Waals surface area contributed by atoms with Gasteiger partial charge in [0.1, 0.15) is 11.6 Å². The van der Waals surface area contributed by atoms with Crippen LogP contribution in [-0.2, 0) is 9.53 Å². The van der Waals surface area contributed by atoms with Gasteiger partial charge in [0, 0.05) is 11.1 Å². The lowest BCUT2D eigenvalue weighted by Gasteiger charge is -2.07. The highest BCUT2D eigenvalue weighted by Gasteiger charge is 2.10. The van der Waals surface area contributed by atoms with Crippen LogP contribution in [0.4, 0.5) is 4.39 Å². The Balaban J connectivity index is 1.89. The van der Waals surface area contributed by atoms with Crippen LogP contribution in [0.5, 0.6) is 5.75 Å². The first-order valence-electron chi connectivity index (χ1n) is 7.79. The molecule has 4 nitrogen and oxygen atoms in total. The number of esters is 1. The second-order valence-corrected chi connectivity index (χ2v) is 5.22. The maximum absolute atomic E-state index is 12.9. The monoisotopic (exact) mass is 330 g/mol. The first-order chi connectivity index (χ1) is 11.6. The van der Waals surface area contributed by atoms with Crippen molar-refractivity contribution in [2.45, 2.75) is 19.8 Å². The fourth-order valence-corrected chi connectivity index (χ4v) is 1.98. The number of unbranched alkanes of at least 4 members (excludes halogenated alkanes) is 1. The van der Waals surface area contributed by atoms with Crippen LogP contribution in [0.1, 0.15) is 35.7 Å². The summed E-state index contributed by atoms with van der Waals surface area (Å²) in [7, 11) is 0. The van der Waals surface area contributed by atoms with Crippen molar-refractivity contribution in [3.63, 3.8) is 0 Å². The summed E-state index contributed by atoms with van der Waals surface area (Å²) in [6, 6.07) is 11.8. The standard InChI is InChI=1S/C19H19FO4/c1-2-3-12-23-18(21)13-24-17-10-6-15(7-11-17)19(22)14-4-8-16(20)9-5-14/h4-11H,2-3,12-13H2,1H3. The second-order valence-electron chi connectivity index (χ2n) is 5.22. The number of ether oxygens (including phenoxy) is 2. The lowest BCUT2D eigenvalue weighted by atomic mass is 10.0. The largest absolute Gasteiger partial charge is 0.482 e. The van der Waals surface area contributed by atoms with Crippen LogP contribution in [0.2, 0.25) is 0 Å². The third kappa shape index (κ3) is 5.19.